The van der Waals surface area contributed by atoms with Gasteiger partial charge in [0.25, 0.3) is 0 Å². The highest BCUT2D eigenvalue weighted by Gasteiger charge is 2.09. The molecule has 3 aromatic rings. The number of benzene rings is 2. The number of hydrogen-bond acceptors (Lipinski definition) is 3. The first-order chi connectivity index (χ1) is 12.5. The number of nitrogens with one attached hydrogen (secondary N) is 1. The molecule has 26 heavy (non-hydrogen) atoms. The number of aryl methyl sites for hydroxylation is 1. The fourth-order valence-corrected chi connectivity index (χ4v) is 3.48. The van der Waals surface area contributed by atoms with Crippen LogP contribution in [0.25, 0.3) is 11.3 Å². The molecule has 0 atom stereocenters. The molecule has 2 aromatic carbocycles. The van der Waals surface area contributed by atoms with Gasteiger partial charge in [0.1, 0.15) is 0 Å². The fourth-order valence-electron chi connectivity index (χ4n) is 2.74. The van der Waals surface area contributed by atoms with Crippen LogP contribution < -0.4 is 5.32 Å². The number of aromatic nitrogens is 1. The first kappa shape index (κ1) is 18.3. The van der Waals surface area contributed by atoms with Crippen LogP contribution in [0.5, 0.6) is 0 Å². The second kappa shape index (κ2) is 8.28. The van der Waals surface area contributed by atoms with E-state index < -0.39 is 0 Å². The van der Waals surface area contributed by atoms with Gasteiger partial charge in [-0.2, -0.15) is 0 Å². The zero-order valence-corrected chi connectivity index (χ0v) is 16.3. The van der Waals surface area contributed by atoms with Crippen molar-refractivity contribution in [3.8, 4) is 11.3 Å². The molecule has 4 heteroatoms. The van der Waals surface area contributed by atoms with E-state index in [-0.39, 0.29) is 5.91 Å². The predicted molar refractivity (Wildman–Crippen MR) is 110 cm³/mol. The minimum atomic E-state index is -0.0375. The van der Waals surface area contributed by atoms with Gasteiger partial charge in [-0.3, -0.25) is 4.79 Å². The second-order valence-electron chi connectivity index (χ2n) is 6.71. The summed E-state index contributed by atoms with van der Waals surface area (Å²) in [6, 6.07) is 16.6. The highest BCUT2D eigenvalue weighted by atomic mass is 32.1. The minimum absolute atomic E-state index is 0.0375. The molecule has 134 valence electrons. The summed E-state index contributed by atoms with van der Waals surface area (Å²) in [4.78, 5) is 16.8. The lowest BCUT2D eigenvalue weighted by atomic mass is 10.0. The van der Waals surface area contributed by atoms with E-state index in [0.717, 1.165) is 23.2 Å². The molecule has 0 saturated carbocycles. The van der Waals surface area contributed by atoms with Crippen molar-refractivity contribution in [2.75, 3.05) is 5.32 Å². The molecule has 0 radical (unpaired) electrons. The van der Waals surface area contributed by atoms with E-state index in [4.69, 9.17) is 0 Å². The molecule has 3 nitrogen and oxygen atoms in total. The third kappa shape index (κ3) is 4.58. The summed E-state index contributed by atoms with van der Waals surface area (Å²) in [7, 11) is 0. The summed E-state index contributed by atoms with van der Waals surface area (Å²) in [6.45, 7) is 6.47. The maximum absolute atomic E-state index is 12.3. The molecule has 1 amide bonds. The van der Waals surface area contributed by atoms with Crippen molar-refractivity contribution < 1.29 is 4.79 Å². The molecule has 1 heterocycles. The quantitative estimate of drug-likeness (QED) is 0.611. The number of anilines is 1. The van der Waals surface area contributed by atoms with Gasteiger partial charge in [-0.05, 0) is 29.0 Å². The lowest BCUT2D eigenvalue weighted by Crippen LogP contribution is -2.14. The molecule has 0 unspecified atom stereocenters. The largest absolute Gasteiger partial charge is 0.302 e. The van der Waals surface area contributed by atoms with E-state index >= 15 is 0 Å². The molecule has 3 rings (SSSR count). The summed E-state index contributed by atoms with van der Waals surface area (Å²) in [5.74, 6) is 0.461. The van der Waals surface area contributed by atoms with E-state index in [1.165, 1.54) is 22.5 Å². The lowest BCUT2D eigenvalue weighted by Gasteiger charge is -2.06. The molecular formula is C22H24N2OS. The summed E-state index contributed by atoms with van der Waals surface area (Å²) in [5, 5.41) is 5.53. The Bertz CT molecular complexity index is 864. The standard InChI is InChI=1S/C22H24N2OS/c1-4-16-5-11-19(12-6-16)20-14-26-22(23-20)24-21(25)13-17-7-9-18(10-8-17)15(2)3/h5-12,14-15H,4,13H2,1-3H3,(H,23,24,25). The Morgan fingerprint density at radius 3 is 2.31 bits per heavy atom. The monoisotopic (exact) mass is 364 g/mol. The first-order valence-electron chi connectivity index (χ1n) is 8.98. The number of carbonyl (C=O) groups is 1. The normalized spacial score (nSPS) is 10.9. The maximum atomic E-state index is 12.3. The predicted octanol–water partition coefficient (Wildman–Crippen LogP) is 5.68. The van der Waals surface area contributed by atoms with Gasteiger partial charge in [-0.25, -0.2) is 4.98 Å². The highest BCUT2D eigenvalue weighted by molar-refractivity contribution is 7.14. The van der Waals surface area contributed by atoms with Gasteiger partial charge in [0, 0.05) is 10.9 Å². The number of hydrogen-bond donors (Lipinski definition) is 1. The van der Waals surface area contributed by atoms with Gasteiger partial charge >= 0.3 is 0 Å². The lowest BCUT2D eigenvalue weighted by molar-refractivity contribution is -0.115. The van der Waals surface area contributed by atoms with Crippen molar-refractivity contribution in [2.24, 2.45) is 0 Å². The fraction of sp³-hybridized carbons (Fsp3) is 0.273. The van der Waals surface area contributed by atoms with Crippen LogP contribution in [0.2, 0.25) is 0 Å². The number of thiazole rings is 1. The highest BCUT2D eigenvalue weighted by Crippen LogP contribution is 2.25. The third-order valence-electron chi connectivity index (χ3n) is 4.42. The Balaban J connectivity index is 1.61. The third-order valence-corrected chi connectivity index (χ3v) is 5.18. The van der Waals surface area contributed by atoms with Crippen molar-refractivity contribution in [3.05, 3.63) is 70.6 Å². The van der Waals surface area contributed by atoms with Gasteiger partial charge in [0.15, 0.2) is 5.13 Å². The van der Waals surface area contributed by atoms with Crippen molar-refractivity contribution >= 4 is 22.4 Å². The van der Waals surface area contributed by atoms with E-state index in [9.17, 15) is 4.79 Å². The summed E-state index contributed by atoms with van der Waals surface area (Å²) >= 11 is 1.46. The van der Waals surface area contributed by atoms with Crippen LogP contribution in [0.3, 0.4) is 0 Å². The molecule has 0 aliphatic rings. The van der Waals surface area contributed by atoms with Gasteiger partial charge < -0.3 is 5.32 Å². The average Bonchev–Trinajstić information content (AvgIpc) is 3.10. The molecule has 0 fully saturated rings. The van der Waals surface area contributed by atoms with Gasteiger partial charge in [-0.1, -0.05) is 69.3 Å². The van der Waals surface area contributed by atoms with E-state index in [0.29, 0.717) is 17.5 Å². The van der Waals surface area contributed by atoms with Crippen molar-refractivity contribution in [1.82, 2.24) is 4.98 Å². The van der Waals surface area contributed by atoms with E-state index in [1.807, 2.05) is 17.5 Å². The number of amides is 1. The molecule has 0 bridgehead atoms. The number of carbonyl (C=O) groups excluding carboxylic acids is 1. The van der Waals surface area contributed by atoms with Crippen LogP contribution in [-0.2, 0) is 17.6 Å². The molecule has 1 N–H and O–H groups in total. The van der Waals surface area contributed by atoms with E-state index in [1.54, 1.807) is 0 Å². The van der Waals surface area contributed by atoms with Crippen LogP contribution in [0.15, 0.2) is 53.9 Å². The molecular weight excluding hydrogens is 340 g/mol. The minimum Gasteiger partial charge on any atom is -0.302 e. The Morgan fingerprint density at radius 1 is 1.04 bits per heavy atom. The maximum Gasteiger partial charge on any atom is 0.230 e. The van der Waals surface area contributed by atoms with Crippen LogP contribution in [0.1, 0.15) is 43.4 Å². The van der Waals surface area contributed by atoms with E-state index in [2.05, 4.69) is 67.5 Å². The first-order valence-corrected chi connectivity index (χ1v) is 9.86. The van der Waals surface area contributed by atoms with Gasteiger partial charge in [0.05, 0.1) is 12.1 Å². The van der Waals surface area contributed by atoms with Gasteiger partial charge in [-0.15, -0.1) is 11.3 Å². The molecule has 0 spiro atoms. The average molecular weight is 365 g/mol. The molecule has 0 aliphatic carbocycles. The zero-order chi connectivity index (χ0) is 18.5. The molecule has 0 saturated heterocycles. The summed E-state index contributed by atoms with van der Waals surface area (Å²) in [5.41, 5.74) is 5.57. The Labute approximate surface area is 159 Å². The topological polar surface area (TPSA) is 42.0 Å². The SMILES string of the molecule is CCc1ccc(-c2csc(NC(=O)Cc3ccc(C(C)C)cc3)n2)cc1. The Hall–Kier alpha value is -2.46. The van der Waals surface area contributed by atoms with Crippen LogP contribution in [0, 0.1) is 0 Å². The molecule has 1 aromatic heterocycles. The Kier molecular flexibility index (Phi) is 5.84. The number of nitrogens with zero attached hydrogens (tertiary/aromatic N) is 1. The summed E-state index contributed by atoms with van der Waals surface area (Å²) < 4.78 is 0. The Morgan fingerprint density at radius 2 is 1.69 bits per heavy atom. The zero-order valence-electron chi connectivity index (χ0n) is 15.5. The van der Waals surface area contributed by atoms with Crippen LogP contribution in [0.4, 0.5) is 5.13 Å². The van der Waals surface area contributed by atoms with Crippen molar-refractivity contribution in [1.29, 1.82) is 0 Å². The summed E-state index contributed by atoms with van der Waals surface area (Å²) in [6.07, 6.45) is 1.38. The van der Waals surface area contributed by atoms with Crippen LogP contribution >= 0.6 is 11.3 Å². The van der Waals surface area contributed by atoms with Crippen LogP contribution in [-0.4, -0.2) is 10.9 Å². The van der Waals surface area contributed by atoms with Crippen molar-refractivity contribution in [2.45, 2.75) is 39.5 Å². The smallest absolute Gasteiger partial charge is 0.230 e. The number of rotatable bonds is 6. The van der Waals surface area contributed by atoms with Crippen molar-refractivity contribution in [3.63, 3.8) is 0 Å². The second-order valence-corrected chi connectivity index (χ2v) is 7.57. The molecule has 0 aliphatic heterocycles. The van der Waals surface area contributed by atoms with Gasteiger partial charge in [0.2, 0.25) is 5.91 Å².